The number of fused-ring (bicyclic) bond motifs is 1. The number of likely N-dealkylation sites (N-methyl/N-ethyl adjacent to an activating group) is 1. The van der Waals surface area contributed by atoms with E-state index in [2.05, 4.69) is 58.3 Å². The summed E-state index contributed by atoms with van der Waals surface area (Å²) in [6.45, 7) is 5.66. The molecule has 0 saturated carbocycles. The van der Waals surface area contributed by atoms with Gasteiger partial charge in [0.15, 0.2) is 0 Å². The van der Waals surface area contributed by atoms with Crippen LogP contribution in [0.25, 0.3) is 10.8 Å². The molecule has 3 rings (SSSR count). The molecular weight excluding hydrogens is 324 g/mol. The number of hydrogen-bond acceptors (Lipinski definition) is 4. The van der Waals surface area contributed by atoms with Crippen LogP contribution in [0.5, 0.6) is 0 Å². The summed E-state index contributed by atoms with van der Waals surface area (Å²) in [5, 5.41) is 11.2. The summed E-state index contributed by atoms with van der Waals surface area (Å²) in [4.78, 5) is 18.5. The second-order valence-corrected chi connectivity index (χ2v) is 6.91. The first-order valence-electron chi connectivity index (χ1n) is 9.19. The van der Waals surface area contributed by atoms with Gasteiger partial charge < -0.3 is 4.90 Å². The average Bonchev–Trinajstić information content (AvgIpc) is 2.68. The van der Waals surface area contributed by atoms with Crippen molar-refractivity contribution in [1.82, 2.24) is 14.7 Å². The molecule has 0 spiro atoms. The quantitative estimate of drug-likeness (QED) is 0.802. The van der Waals surface area contributed by atoms with E-state index >= 15 is 0 Å². The Morgan fingerprint density at radius 3 is 2.54 bits per heavy atom. The third-order valence-corrected chi connectivity index (χ3v) is 5.08. The Bertz CT molecular complexity index is 785. The molecule has 26 heavy (non-hydrogen) atoms. The molecule has 0 radical (unpaired) electrons. The van der Waals surface area contributed by atoms with E-state index in [-0.39, 0.29) is 5.91 Å². The number of carbonyl (C=O) groups is 1. The van der Waals surface area contributed by atoms with Crippen LogP contribution in [-0.2, 0) is 11.3 Å². The zero-order valence-electron chi connectivity index (χ0n) is 15.4. The van der Waals surface area contributed by atoms with Gasteiger partial charge in [0.25, 0.3) is 0 Å². The van der Waals surface area contributed by atoms with Gasteiger partial charge in [-0.1, -0.05) is 42.5 Å². The molecule has 5 heteroatoms. The molecule has 1 aliphatic heterocycles. The lowest BCUT2D eigenvalue weighted by Gasteiger charge is -2.35. The minimum absolute atomic E-state index is 0.0998. The van der Waals surface area contributed by atoms with Gasteiger partial charge >= 0.3 is 0 Å². The Labute approximate surface area is 155 Å². The molecule has 0 aliphatic carbocycles. The van der Waals surface area contributed by atoms with Crippen molar-refractivity contribution >= 4 is 16.7 Å². The molecule has 0 bridgehead atoms. The number of piperazine rings is 1. The molecule has 2 aromatic carbocycles. The van der Waals surface area contributed by atoms with E-state index in [0.29, 0.717) is 19.5 Å². The van der Waals surface area contributed by atoms with E-state index in [1.165, 1.54) is 16.3 Å². The van der Waals surface area contributed by atoms with Crippen molar-refractivity contribution in [2.75, 3.05) is 46.3 Å². The number of carbonyl (C=O) groups excluding carboxylic acids is 1. The fraction of sp³-hybridized carbons (Fsp3) is 0.429. The van der Waals surface area contributed by atoms with Crippen LogP contribution in [0, 0.1) is 11.3 Å². The number of amides is 1. The van der Waals surface area contributed by atoms with Crippen LogP contribution in [0.1, 0.15) is 12.0 Å². The number of benzene rings is 2. The molecule has 0 atom stereocenters. The lowest BCUT2D eigenvalue weighted by molar-refractivity contribution is -0.131. The SMILES string of the molecule is CN(CCC#N)C(=O)CN1CCN(Cc2cccc3ccccc23)CC1. The minimum Gasteiger partial charge on any atom is -0.344 e. The number of rotatable bonds is 6. The molecule has 1 heterocycles. The maximum Gasteiger partial charge on any atom is 0.236 e. The summed E-state index contributed by atoms with van der Waals surface area (Å²) in [5.41, 5.74) is 1.36. The van der Waals surface area contributed by atoms with E-state index in [1.807, 2.05) is 0 Å². The lowest BCUT2D eigenvalue weighted by Crippen LogP contribution is -2.49. The monoisotopic (exact) mass is 350 g/mol. The minimum atomic E-state index is 0.0998. The Morgan fingerprint density at radius 1 is 1.08 bits per heavy atom. The zero-order valence-corrected chi connectivity index (χ0v) is 15.4. The largest absolute Gasteiger partial charge is 0.344 e. The van der Waals surface area contributed by atoms with Crippen LogP contribution in [0.3, 0.4) is 0 Å². The first-order chi connectivity index (χ1) is 12.7. The average molecular weight is 350 g/mol. The molecule has 136 valence electrons. The highest BCUT2D eigenvalue weighted by molar-refractivity contribution is 5.85. The molecule has 1 saturated heterocycles. The zero-order chi connectivity index (χ0) is 18.4. The highest BCUT2D eigenvalue weighted by Crippen LogP contribution is 2.20. The maximum atomic E-state index is 12.2. The van der Waals surface area contributed by atoms with Gasteiger partial charge in [0.2, 0.25) is 5.91 Å². The van der Waals surface area contributed by atoms with E-state index in [9.17, 15) is 4.79 Å². The van der Waals surface area contributed by atoms with E-state index < -0.39 is 0 Å². The third-order valence-electron chi connectivity index (χ3n) is 5.08. The molecule has 1 fully saturated rings. The van der Waals surface area contributed by atoms with E-state index in [1.54, 1.807) is 11.9 Å². The van der Waals surface area contributed by atoms with Gasteiger partial charge in [-0.05, 0) is 16.3 Å². The third kappa shape index (κ3) is 4.60. The maximum absolute atomic E-state index is 12.2. The van der Waals surface area contributed by atoms with E-state index in [4.69, 9.17) is 5.26 Å². The fourth-order valence-electron chi connectivity index (χ4n) is 3.43. The fourth-order valence-corrected chi connectivity index (χ4v) is 3.43. The summed E-state index contributed by atoms with van der Waals surface area (Å²) in [7, 11) is 1.77. The van der Waals surface area contributed by atoms with Crippen molar-refractivity contribution in [3.63, 3.8) is 0 Å². The van der Waals surface area contributed by atoms with Crippen molar-refractivity contribution in [3.8, 4) is 6.07 Å². The van der Waals surface area contributed by atoms with Crippen molar-refractivity contribution in [3.05, 3.63) is 48.0 Å². The van der Waals surface area contributed by atoms with Crippen LogP contribution in [-0.4, -0.2) is 66.9 Å². The van der Waals surface area contributed by atoms with Crippen LogP contribution in [0.15, 0.2) is 42.5 Å². The van der Waals surface area contributed by atoms with Gasteiger partial charge in [-0.2, -0.15) is 5.26 Å². The van der Waals surface area contributed by atoms with Gasteiger partial charge in [0, 0.05) is 46.3 Å². The first-order valence-corrected chi connectivity index (χ1v) is 9.19. The summed E-state index contributed by atoms with van der Waals surface area (Å²) >= 11 is 0. The standard InChI is InChI=1S/C21H26N4O/c1-23(11-5-10-22)21(26)17-25-14-12-24(13-15-25)16-19-8-4-7-18-6-2-3-9-20(18)19/h2-4,6-9H,5,11-17H2,1H3. The normalized spacial score (nSPS) is 15.7. The van der Waals surface area contributed by atoms with Crippen LogP contribution < -0.4 is 0 Å². The smallest absolute Gasteiger partial charge is 0.236 e. The second-order valence-electron chi connectivity index (χ2n) is 6.91. The molecule has 1 amide bonds. The molecule has 0 unspecified atom stereocenters. The van der Waals surface area contributed by atoms with Gasteiger partial charge in [0.05, 0.1) is 19.0 Å². The van der Waals surface area contributed by atoms with Crippen molar-refractivity contribution in [1.29, 1.82) is 5.26 Å². The van der Waals surface area contributed by atoms with Crippen molar-refractivity contribution in [2.45, 2.75) is 13.0 Å². The predicted molar refractivity (Wildman–Crippen MR) is 104 cm³/mol. The van der Waals surface area contributed by atoms with Gasteiger partial charge in [-0.3, -0.25) is 14.6 Å². The molecule has 0 N–H and O–H groups in total. The number of hydrogen-bond donors (Lipinski definition) is 0. The summed E-state index contributed by atoms with van der Waals surface area (Å²) in [5.74, 6) is 0.0998. The molecule has 1 aliphatic rings. The van der Waals surface area contributed by atoms with Crippen LogP contribution in [0.4, 0.5) is 0 Å². The van der Waals surface area contributed by atoms with Crippen LogP contribution in [0.2, 0.25) is 0 Å². The Hall–Kier alpha value is -2.42. The summed E-state index contributed by atoms with van der Waals surface area (Å²) in [6.07, 6.45) is 0.390. The summed E-state index contributed by atoms with van der Waals surface area (Å²) < 4.78 is 0. The van der Waals surface area contributed by atoms with E-state index in [0.717, 1.165) is 32.7 Å². The lowest BCUT2D eigenvalue weighted by atomic mass is 10.0. The van der Waals surface area contributed by atoms with Crippen molar-refractivity contribution < 1.29 is 4.79 Å². The van der Waals surface area contributed by atoms with Gasteiger partial charge in [0.1, 0.15) is 0 Å². The van der Waals surface area contributed by atoms with Crippen molar-refractivity contribution in [2.24, 2.45) is 0 Å². The highest BCUT2D eigenvalue weighted by atomic mass is 16.2. The Morgan fingerprint density at radius 2 is 1.77 bits per heavy atom. The molecular formula is C21H26N4O. The second kappa shape index (κ2) is 8.79. The van der Waals surface area contributed by atoms with Gasteiger partial charge in [-0.15, -0.1) is 0 Å². The Balaban J connectivity index is 1.51. The summed E-state index contributed by atoms with van der Waals surface area (Å²) in [6, 6.07) is 17.1. The van der Waals surface area contributed by atoms with Crippen LogP contribution >= 0.6 is 0 Å². The molecule has 2 aromatic rings. The Kier molecular flexibility index (Phi) is 6.21. The highest BCUT2D eigenvalue weighted by Gasteiger charge is 2.20. The first kappa shape index (κ1) is 18.4. The number of nitrogens with zero attached hydrogens (tertiary/aromatic N) is 4. The predicted octanol–water partition coefficient (Wildman–Crippen LogP) is 2.33. The van der Waals surface area contributed by atoms with Gasteiger partial charge in [-0.25, -0.2) is 0 Å². The topological polar surface area (TPSA) is 50.6 Å². The molecule has 5 nitrogen and oxygen atoms in total. The molecule has 0 aromatic heterocycles. The number of nitriles is 1.